The topological polar surface area (TPSA) is 21.3 Å². The van der Waals surface area contributed by atoms with Gasteiger partial charge in [-0.25, -0.2) is 0 Å². The Bertz CT molecular complexity index is 580. The molecule has 104 valence electrons. The quantitative estimate of drug-likeness (QED) is 0.922. The molecule has 2 aliphatic rings. The molecule has 2 nitrogen and oxygen atoms in total. The highest BCUT2D eigenvalue weighted by Gasteiger charge is 2.40. The molecule has 3 atom stereocenters. The van der Waals surface area contributed by atoms with Gasteiger partial charge in [0.05, 0.1) is 12.2 Å². The molecule has 3 heterocycles. The summed E-state index contributed by atoms with van der Waals surface area (Å²) in [6.07, 6.45) is 4.69. The Morgan fingerprint density at radius 3 is 2.75 bits per heavy atom. The van der Waals surface area contributed by atoms with Crippen molar-refractivity contribution in [2.45, 2.75) is 44.1 Å². The predicted octanol–water partition coefficient (Wildman–Crippen LogP) is 3.82. The summed E-state index contributed by atoms with van der Waals surface area (Å²) in [5.74, 6) is 0. The van der Waals surface area contributed by atoms with Gasteiger partial charge in [0, 0.05) is 22.3 Å². The zero-order valence-corrected chi connectivity index (χ0v) is 12.2. The van der Waals surface area contributed by atoms with Gasteiger partial charge in [0.15, 0.2) is 0 Å². The van der Waals surface area contributed by atoms with Crippen LogP contribution >= 0.6 is 11.3 Å². The molecule has 2 saturated heterocycles. The van der Waals surface area contributed by atoms with Crippen LogP contribution in [0.5, 0.6) is 0 Å². The summed E-state index contributed by atoms with van der Waals surface area (Å²) < 4.78 is 5.89. The average molecular weight is 285 g/mol. The van der Waals surface area contributed by atoms with Crippen LogP contribution in [0.15, 0.2) is 42.5 Å². The molecule has 3 heteroatoms. The molecule has 2 fully saturated rings. The summed E-state index contributed by atoms with van der Waals surface area (Å²) >= 11 is 1.89. The van der Waals surface area contributed by atoms with Gasteiger partial charge in [-0.3, -0.25) is 0 Å². The molecule has 0 spiro atoms. The summed E-state index contributed by atoms with van der Waals surface area (Å²) in [6.45, 7) is 0.967. The minimum Gasteiger partial charge on any atom is -0.373 e. The molecule has 4 rings (SSSR count). The van der Waals surface area contributed by atoms with E-state index >= 15 is 0 Å². The van der Waals surface area contributed by atoms with Crippen molar-refractivity contribution in [2.24, 2.45) is 0 Å². The molecule has 1 aromatic carbocycles. The summed E-state index contributed by atoms with van der Waals surface area (Å²) in [5, 5.41) is 3.68. The lowest BCUT2D eigenvalue weighted by atomic mass is 9.95. The van der Waals surface area contributed by atoms with Crippen LogP contribution in [0.25, 0.3) is 10.4 Å². The summed E-state index contributed by atoms with van der Waals surface area (Å²) in [5.41, 5.74) is 1.31. The first-order valence-corrected chi connectivity index (χ1v) is 8.23. The highest BCUT2D eigenvalue weighted by Crippen LogP contribution is 2.35. The standard InChI is InChI=1S/C17H19NOS/c1-2-4-12(5-3-1)17-9-7-14(20-17)11-18-15-10-13-6-8-16(15)19-13/h1-5,7,9,13,15-16,18H,6,8,10-11H2. The van der Waals surface area contributed by atoms with Gasteiger partial charge >= 0.3 is 0 Å². The maximum atomic E-state index is 5.89. The van der Waals surface area contributed by atoms with Crippen LogP contribution in [0, 0.1) is 0 Å². The first-order chi connectivity index (χ1) is 9.88. The van der Waals surface area contributed by atoms with Crippen molar-refractivity contribution < 1.29 is 4.74 Å². The molecular weight excluding hydrogens is 266 g/mol. The number of nitrogens with one attached hydrogen (secondary N) is 1. The van der Waals surface area contributed by atoms with Gasteiger partial charge in [-0.05, 0) is 37.0 Å². The van der Waals surface area contributed by atoms with E-state index in [9.17, 15) is 0 Å². The third-order valence-corrected chi connectivity index (χ3v) is 5.50. The van der Waals surface area contributed by atoms with Crippen LogP contribution in [0.3, 0.4) is 0 Å². The van der Waals surface area contributed by atoms with Gasteiger partial charge in [-0.2, -0.15) is 0 Å². The third kappa shape index (κ3) is 2.41. The number of hydrogen-bond acceptors (Lipinski definition) is 3. The first-order valence-electron chi connectivity index (χ1n) is 7.41. The second-order valence-corrected chi connectivity index (χ2v) is 6.90. The summed E-state index contributed by atoms with van der Waals surface area (Å²) in [7, 11) is 0. The van der Waals surface area contributed by atoms with Crippen LogP contribution in [0.1, 0.15) is 24.1 Å². The Kier molecular flexibility index (Phi) is 3.34. The van der Waals surface area contributed by atoms with Crippen molar-refractivity contribution in [3.63, 3.8) is 0 Å². The van der Waals surface area contributed by atoms with Crippen molar-refractivity contribution >= 4 is 11.3 Å². The van der Waals surface area contributed by atoms with Crippen molar-refractivity contribution in [3.05, 3.63) is 47.3 Å². The number of fused-ring (bicyclic) bond motifs is 2. The number of benzene rings is 1. The maximum absolute atomic E-state index is 5.89. The Labute approximate surface area is 123 Å². The zero-order chi connectivity index (χ0) is 13.4. The van der Waals surface area contributed by atoms with Crippen LogP contribution < -0.4 is 5.32 Å². The highest BCUT2D eigenvalue weighted by atomic mass is 32.1. The molecule has 1 aromatic heterocycles. The Morgan fingerprint density at radius 1 is 1.10 bits per heavy atom. The van der Waals surface area contributed by atoms with Gasteiger partial charge in [0.1, 0.15) is 0 Å². The second-order valence-electron chi connectivity index (χ2n) is 5.73. The molecule has 2 aromatic rings. The molecule has 3 unspecified atom stereocenters. The Morgan fingerprint density at radius 2 is 2.00 bits per heavy atom. The fourth-order valence-electron chi connectivity index (χ4n) is 3.31. The van der Waals surface area contributed by atoms with E-state index in [0.29, 0.717) is 18.2 Å². The molecule has 20 heavy (non-hydrogen) atoms. The molecule has 0 aliphatic carbocycles. The van der Waals surface area contributed by atoms with E-state index in [0.717, 1.165) is 6.54 Å². The van der Waals surface area contributed by atoms with Crippen LogP contribution in [-0.4, -0.2) is 18.2 Å². The fraction of sp³-hybridized carbons (Fsp3) is 0.412. The van der Waals surface area contributed by atoms with E-state index < -0.39 is 0 Å². The van der Waals surface area contributed by atoms with E-state index in [2.05, 4.69) is 47.8 Å². The lowest BCUT2D eigenvalue weighted by molar-refractivity contribution is 0.0973. The van der Waals surface area contributed by atoms with E-state index in [1.807, 2.05) is 11.3 Å². The smallest absolute Gasteiger partial charge is 0.0733 e. The molecule has 0 amide bonds. The van der Waals surface area contributed by atoms with Gasteiger partial charge in [0.2, 0.25) is 0 Å². The fourth-order valence-corrected chi connectivity index (χ4v) is 4.28. The van der Waals surface area contributed by atoms with Crippen molar-refractivity contribution in [2.75, 3.05) is 0 Å². The lowest BCUT2D eigenvalue weighted by Crippen LogP contribution is -2.36. The highest BCUT2D eigenvalue weighted by molar-refractivity contribution is 7.15. The lowest BCUT2D eigenvalue weighted by Gasteiger charge is -2.19. The molecular formula is C17H19NOS. The average Bonchev–Trinajstić information content (AvgIpc) is 3.22. The van der Waals surface area contributed by atoms with Crippen molar-refractivity contribution in [1.82, 2.24) is 5.32 Å². The van der Waals surface area contributed by atoms with E-state index in [-0.39, 0.29) is 0 Å². The number of thiophene rings is 1. The maximum Gasteiger partial charge on any atom is 0.0733 e. The van der Waals surface area contributed by atoms with E-state index in [1.54, 1.807) is 0 Å². The van der Waals surface area contributed by atoms with Gasteiger partial charge in [-0.15, -0.1) is 11.3 Å². The van der Waals surface area contributed by atoms with Gasteiger partial charge in [0.25, 0.3) is 0 Å². The van der Waals surface area contributed by atoms with Crippen molar-refractivity contribution in [3.8, 4) is 10.4 Å². The SMILES string of the molecule is c1ccc(-c2ccc(CNC3CC4CCC3O4)s2)cc1. The molecule has 2 aliphatic heterocycles. The third-order valence-electron chi connectivity index (χ3n) is 4.36. The van der Waals surface area contributed by atoms with Crippen LogP contribution in [0.4, 0.5) is 0 Å². The summed E-state index contributed by atoms with van der Waals surface area (Å²) in [4.78, 5) is 2.76. The first kappa shape index (κ1) is 12.6. The number of hydrogen-bond donors (Lipinski definition) is 1. The minimum absolute atomic E-state index is 0.466. The van der Waals surface area contributed by atoms with E-state index in [4.69, 9.17) is 4.74 Å². The zero-order valence-electron chi connectivity index (χ0n) is 11.4. The van der Waals surface area contributed by atoms with Gasteiger partial charge < -0.3 is 10.1 Å². The predicted molar refractivity (Wildman–Crippen MR) is 82.9 cm³/mol. The minimum atomic E-state index is 0.466. The van der Waals surface area contributed by atoms with Crippen molar-refractivity contribution in [1.29, 1.82) is 0 Å². The molecule has 1 N–H and O–H groups in total. The largest absolute Gasteiger partial charge is 0.373 e. The second kappa shape index (κ2) is 5.32. The Hall–Kier alpha value is -1.16. The molecule has 0 radical (unpaired) electrons. The number of rotatable bonds is 4. The Balaban J connectivity index is 1.39. The normalized spacial score (nSPS) is 28.1. The number of ether oxygens (including phenoxy) is 1. The van der Waals surface area contributed by atoms with Gasteiger partial charge in [-0.1, -0.05) is 30.3 Å². The molecule has 2 bridgehead atoms. The monoisotopic (exact) mass is 285 g/mol. The van der Waals surface area contributed by atoms with Crippen LogP contribution in [0.2, 0.25) is 0 Å². The summed E-state index contributed by atoms with van der Waals surface area (Å²) in [6, 6.07) is 15.6. The van der Waals surface area contributed by atoms with E-state index in [1.165, 1.54) is 34.6 Å². The van der Waals surface area contributed by atoms with Crippen LogP contribution in [-0.2, 0) is 11.3 Å². The molecule has 0 saturated carbocycles.